The van der Waals surface area contributed by atoms with Crippen LogP contribution >= 0.6 is 0 Å². The molecule has 1 aliphatic rings. The molecule has 1 amide bonds. The Balaban J connectivity index is 2.50. The fourth-order valence-corrected chi connectivity index (χ4v) is 2.06. The van der Waals surface area contributed by atoms with E-state index in [-0.39, 0.29) is 5.91 Å². The Morgan fingerprint density at radius 1 is 1.47 bits per heavy atom. The minimum absolute atomic E-state index is 0.380. The highest BCUT2D eigenvalue weighted by molar-refractivity contribution is 7.91. The first kappa shape index (κ1) is 12.0. The summed E-state index contributed by atoms with van der Waals surface area (Å²) >= 11 is 0. The molecule has 0 unspecified atom stereocenters. The molecule has 0 atom stereocenters. The van der Waals surface area contributed by atoms with E-state index in [4.69, 9.17) is 5.21 Å². The Morgan fingerprint density at radius 3 is 2.40 bits per heavy atom. The molecule has 0 aromatic rings. The van der Waals surface area contributed by atoms with Gasteiger partial charge in [-0.05, 0) is 0 Å². The van der Waals surface area contributed by atoms with Crippen LogP contribution in [0.2, 0.25) is 0 Å². The van der Waals surface area contributed by atoms with Crippen LogP contribution in [-0.2, 0) is 14.6 Å². The second kappa shape index (κ2) is 4.61. The molecule has 15 heavy (non-hydrogen) atoms. The van der Waals surface area contributed by atoms with E-state index in [0.717, 1.165) is 6.26 Å². The van der Waals surface area contributed by atoms with Crippen molar-refractivity contribution in [2.24, 2.45) is 5.16 Å². The first-order valence-electron chi connectivity index (χ1n) is 4.57. The standard InChI is InChI=1S/C8H14N2O4S/c1-15(13,14)6-8(11)10-4-2-7(9-12)3-5-10/h12H,2-6H2,1H3. The number of oxime groups is 1. The maximum Gasteiger partial charge on any atom is 0.237 e. The predicted octanol–water partition coefficient (Wildman–Crippen LogP) is -0.516. The van der Waals surface area contributed by atoms with Crippen LogP contribution in [0.15, 0.2) is 5.16 Å². The van der Waals surface area contributed by atoms with Gasteiger partial charge < -0.3 is 10.1 Å². The number of rotatable bonds is 2. The molecule has 6 nitrogen and oxygen atoms in total. The maximum absolute atomic E-state index is 11.5. The van der Waals surface area contributed by atoms with Gasteiger partial charge in [-0.15, -0.1) is 0 Å². The molecule has 0 aromatic carbocycles. The Hall–Kier alpha value is -1.11. The second-order valence-corrected chi connectivity index (χ2v) is 5.76. The number of carbonyl (C=O) groups excluding carboxylic acids is 1. The third kappa shape index (κ3) is 3.86. The summed E-state index contributed by atoms with van der Waals surface area (Å²) in [5.74, 6) is -0.826. The van der Waals surface area contributed by atoms with Crippen molar-refractivity contribution in [3.8, 4) is 0 Å². The van der Waals surface area contributed by atoms with Gasteiger partial charge in [0.25, 0.3) is 0 Å². The lowest BCUT2D eigenvalue weighted by Gasteiger charge is -2.26. The molecular formula is C8H14N2O4S. The lowest BCUT2D eigenvalue weighted by Crippen LogP contribution is -2.41. The molecule has 1 saturated heterocycles. The number of amides is 1. The van der Waals surface area contributed by atoms with Crippen LogP contribution in [0.3, 0.4) is 0 Å². The first-order valence-corrected chi connectivity index (χ1v) is 6.64. The first-order chi connectivity index (χ1) is 6.92. The second-order valence-electron chi connectivity index (χ2n) is 3.62. The normalized spacial score (nSPS) is 17.7. The lowest BCUT2D eigenvalue weighted by atomic mass is 10.1. The van der Waals surface area contributed by atoms with E-state index in [2.05, 4.69) is 5.16 Å². The van der Waals surface area contributed by atoms with Crippen molar-refractivity contribution in [2.45, 2.75) is 12.8 Å². The summed E-state index contributed by atoms with van der Waals surface area (Å²) in [6.07, 6.45) is 2.05. The zero-order valence-corrected chi connectivity index (χ0v) is 9.33. The van der Waals surface area contributed by atoms with Crippen LogP contribution in [0.5, 0.6) is 0 Å². The monoisotopic (exact) mass is 234 g/mol. The fourth-order valence-electron chi connectivity index (χ4n) is 1.43. The molecule has 0 radical (unpaired) electrons. The average molecular weight is 234 g/mol. The molecule has 86 valence electrons. The summed E-state index contributed by atoms with van der Waals surface area (Å²) in [5, 5.41) is 11.6. The van der Waals surface area contributed by atoms with Crippen molar-refractivity contribution in [1.82, 2.24) is 4.90 Å². The summed E-state index contributed by atoms with van der Waals surface area (Å²) in [6.45, 7) is 0.849. The van der Waals surface area contributed by atoms with Gasteiger partial charge in [0.1, 0.15) is 5.75 Å². The van der Waals surface area contributed by atoms with Crippen molar-refractivity contribution in [3.63, 3.8) is 0 Å². The van der Waals surface area contributed by atoms with E-state index < -0.39 is 15.6 Å². The molecule has 1 heterocycles. The van der Waals surface area contributed by atoms with Crippen LogP contribution in [-0.4, -0.2) is 55.2 Å². The van der Waals surface area contributed by atoms with Crippen LogP contribution < -0.4 is 0 Å². The molecular weight excluding hydrogens is 220 g/mol. The average Bonchev–Trinajstić information content (AvgIpc) is 2.15. The van der Waals surface area contributed by atoms with Gasteiger partial charge in [0, 0.05) is 32.2 Å². The highest BCUT2D eigenvalue weighted by Gasteiger charge is 2.22. The third-order valence-electron chi connectivity index (χ3n) is 2.22. The predicted molar refractivity (Wildman–Crippen MR) is 54.7 cm³/mol. The molecule has 1 fully saturated rings. The summed E-state index contributed by atoms with van der Waals surface area (Å²) in [5.41, 5.74) is 0.651. The Labute approximate surface area is 88.5 Å². The maximum atomic E-state index is 11.5. The van der Waals surface area contributed by atoms with Gasteiger partial charge >= 0.3 is 0 Å². The van der Waals surface area contributed by atoms with Crippen molar-refractivity contribution < 1.29 is 18.4 Å². The molecule has 0 aromatic heterocycles. The highest BCUT2D eigenvalue weighted by atomic mass is 32.2. The van der Waals surface area contributed by atoms with E-state index in [9.17, 15) is 13.2 Å². The summed E-state index contributed by atoms with van der Waals surface area (Å²) in [7, 11) is -3.26. The SMILES string of the molecule is CS(=O)(=O)CC(=O)N1CCC(=NO)CC1. The van der Waals surface area contributed by atoms with E-state index in [1.54, 1.807) is 0 Å². The van der Waals surface area contributed by atoms with Crippen LogP contribution in [0.4, 0.5) is 0 Å². The molecule has 1 rings (SSSR count). The van der Waals surface area contributed by atoms with Crippen LogP contribution in [0, 0.1) is 0 Å². The highest BCUT2D eigenvalue weighted by Crippen LogP contribution is 2.07. The number of hydrogen-bond donors (Lipinski definition) is 1. The molecule has 0 aliphatic carbocycles. The van der Waals surface area contributed by atoms with Gasteiger partial charge in [-0.3, -0.25) is 4.79 Å². The Kier molecular flexibility index (Phi) is 3.67. The van der Waals surface area contributed by atoms with Crippen molar-refractivity contribution in [3.05, 3.63) is 0 Å². The summed E-state index contributed by atoms with van der Waals surface area (Å²) in [6, 6.07) is 0. The molecule has 0 bridgehead atoms. The van der Waals surface area contributed by atoms with Crippen molar-refractivity contribution in [2.75, 3.05) is 25.1 Å². The smallest absolute Gasteiger partial charge is 0.237 e. The molecule has 0 spiro atoms. The minimum Gasteiger partial charge on any atom is -0.411 e. The number of piperidine rings is 1. The van der Waals surface area contributed by atoms with Gasteiger partial charge in [-0.25, -0.2) is 8.42 Å². The van der Waals surface area contributed by atoms with Gasteiger partial charge in [-0.1, -0.05) is 5.16 Å². The Morgan fingerprint density at radius 2 is 2.00 bits per heavy atom. The largest absolute Gasteiger partial charge is 0.411 e. The van der Waals surface area contributed by atoms with Crippen LogP contribution in [0.1, 0.15) is 12.8 Å². The number of sulfone groups is 1. The number of hydrogen-bond acceptors (Lipinski definition) is 5. The molecule has 7 heteroatoms. The van der Waals surface area contributed by atoms with E-state index >= 15 is 0 Å². The Bertz CT molecular complexity index is 364. The van der Waals surface area contributed by atoms with Gasteiger partial charge in [0.15, 0.2) is 9.84 Å². The van der Waals surface area contributed by atoms with E-state index in [1.807, 2.05) is 0 Å². The third-order valence-corrected chi connectivity index (χ3v) is 2.99. The topological polar surface area (TPSA) is 87.0 Å². The number of likely N-dealkylation sites (tertiary alicyclic amines) is 1. The number of nitrogens with zero attached hydrogens (tertiary/aromatic N) is 2. The number of carbonyl (C=O) groups is 1. The van der Waals surface area contributed by atoms with Crippen LogP contribution in [0.25, 0.3) is 0 Å². The van der Waals surface area contributed by atoms with Gasteiger partial charge in [0.2, 0.25) is 5.91 Å². The van der Waals surface area contributed by atoms with Crippen molar-refractivity contribution >= 4 is 21.5 Å². The zero-order valence-electron chi connectivity index (χ0n) is 8.51. The van der Waals surface area contributed by atoms with Gasteiger partial charge in [-0.2, -0.15) is 0 Å². The minimum atomic E-state index is -3.26. The van der Waals surface area contributed by atoms with Gasteiger partial charge in [0.05, 0.1) is 5.71 Å². The van der Waals surface area contributed by atoms with Crippen molar-refractivity contribution in [1.29, 1.82) is 0 Å². The van der Waals surface area contributed by atoms with E-state index in [0.29, 0.717) is 31.6 Å². The summed E-state index contributed by atoms with van der Waals surface area (Å²) < 4.78 is 21.8. The molecule has 1 aliphatic heterocycles. The zero-order chi connectivity index (χ0) is 11.5. The van der Waals surface area contributed by atoms with E-state index in [1.165, 1.54) is 4.90 Å². The molecule has 0 saturated carbocycles. The molecule has 1 N–H and O–H groups in total. The quantitative estimate of drug-likeness (QED) is 0.514. The lowest BCUT2D eigenvalue weighted by molar-refractivity contribution is -0.128. The summed E-state index contributed by atoms with van der Waals surface area (Å²) in [4.78, 5) is 12.9. The fraction of sp³-hybridized carbons (Fsp3) is 0.750.